The third kappa shape index (κ3) is 3.15. The molecule has 0 aromatic rings. The Bertz CT molecular complexity index is 426. The van der Waals surface area contributed by atoms with Crippen molar-refractivity contribution < 1.29 is 19.8 Å². The predicted octanol–water partition coefficient (Wildman–Crippen LogP) is 3.18. The first-order chi connectivity index (χ1) is 10.3. The minimum Gasteiger partial charge on any atom is -0.465 e. The number of carbonyl (C=O) groups is 2. The summed E-state index contributed by atoms with van der Waals surface area (Å²) in [5.74, 6) is 0.697. The Labute approximate surface area is 132 Å². The lowest BCUT2D eigenvalue weighted by atomic mass is 9.74. The van der Waals surface area contributed by atoms with Gasteiger partial charge in [-0.1, -0.05) is 20.8 Å². The monoisotopic (exact) mass is 312 g/mol. The van der Waals surface area contributed by atoms with Crippen LogP contribution in [0, 0.1) is 17.8 Å². The number of rotatable bonds is 4. The van der Waals surface area contributed by atoms with E-state index in [1.54, 1.807) is 9.80 Å². The van der Waals surface area contributed by atoms with Crippen LogP contribution in [-0.4, -0.2) is 57.4 Å². The molecule has 0 bridgehead atoms. The van der Waals surface area contributed by atoms with Gasteiger partial charge < -0.3 is 20.0 Å². The van der Waals surface area contributed by atoms with Gasteiger partial charge in [-0.2, -0.15) is 0 Å². The van der Waals surface area contributed by atoms with E-state index < -0.39 is 12.2 Å². The standard InChI is InChI=1S/C16H28N2O4/c1-10(2)14(13-7-5-9-18(13)16(21)22)11(3)12-6-4-8-17(12)15(19)20/h10-14H,4-9H2,1-3H3,(H,19,20)(H,21,22). The summed E-state index contributed by atoms with van der Waals surface area (Å²) in [6.07, 6.45) is 1.88. The van der Waals surface area contributed by atoms with Gasteiger partial charge in [0.15, 0.2) is 0 Å². The normalized spacial score (nSPS) is 28.2. The van der Waals surface area contributed by atoms with Crippen LogP contribution in [0.4, 0.5) is 9.59 Å². The van der Waals surface area contributed by atoms with E-state index >= 15 is 0 Å². The second-order valence-corrected chi connectivity index (χ2v) is 7.05. The molecule has 2 saturated heterocycles. The second kappa shape index (κ2) is 6.75. The zero-order valence-corrected chi connectivity index (χ0v) is 13.7. The van der Waals surface area contributed by atoms with Crippen molar-refractivity contribution in [3.8, 4) is 0 Å². The van der Waals surface area contributed by atoms with Crippen LogP contribution in [0.1, 0.15) is 46.5 Å². The van der Waals surface area contributed by atoms with Gasteiger partial charge in [0.25, 0.3) is 0 Å². The summed E-state index contributed by atoms with van der Waals surface area (Å²) in [5.41, 5.74) is 0. The van der Waals surface area contributed by atoms with E-state index in [0.29, 0.717) is 19.0 Å². The van der Waals surface area contributed by atoms with E-state index in [2.05, 4.69) is 20.8 Å². The highest BCUT2D eigenvalue weighted by molar-refractivity contribution is 5.66. The van der Waals surface area contributed by atoms with Crippen molar-refractivity contribution in [1.82, 2.24) is 9.80 Å². The largest absolute Gasteiger partial charge is 0.465 e. The molecule has 4 atom stereocenters. The lowest BCUT2D eigenvalue weighted by molar-refractivity contribution is 0.0613. The number of nitrogens with zero attached hydrogens (tertiary/aromatic N) is 2. The highest BCUT2D eigenvalue weighted by Gasteiger charge is 2.44. The maximum absolute atomic E-state index is 11.5. The molecule has 6 heteroatoms. The summed E-state index contributed by atoms with van der Waals surface area (Å²) in [4.78, 5) is 26.0. The van der Waals surface area contributed by atoms with Crippen molar-refractivity contribution in [1.29, 1.82) is 0 Å². The third-order valence-corrected chi connectivity index (χ3v) is 5.52. The molecule has 0 spiro atoms. The summed E-state index contributed by atoms with van der Waals surface area (Å²) in [5, 5.41) is 18.8. The number of carboxylic acid groups (broad SMARTS) is 2. The van der Waals surface area contributed by atoms with Crippen LogP contribution in [-0.2, 0) is 0 Å². The third-order valence-electron chi connectivity index (χ3n) is 5.52. The molecule has 2 rings (SSSR count). The Morgan fingerprint density at radius 2 is 1.36 bits per heavy atom. The molecule has 2 aliphatic rings. The Hall–Kier alpha value is -1.46. The average Bonchev–Trinajstić information content (AvgIpc) is 3.06. The maximum Gasteiger partial charge on any atom is 0.407 e. The molecule has 2 fully saturated rings. The van der Waals surface area contributed by atoms with Crippen LogP contribution in [0.5, 0.6) is 0 Å². The molecule has 22 heavy (non-hydrogen) atoms. The summed E-state index contributed by atoms with van der Waals surface area (Å²) in [6.45, 7) is 7.56. The molecule has 4 unspecified atom stereocenters. The number of hydrogen-bond donors (Lipinski definition) is 2. The summed E-state index contributed by atoms with van der Waals surface area (Å²) in [6, 6.07) is 0.0323. The summed E-state index contributed by atoms with van der Waals surface area (Å²) in [7, 11) is 0. The van der Waals surface area contributed by atoms with Crippen LogP contribution >= 0.6 is 0 Å². The van der Waals surface area contributed by atoms with Gasteiger partial charge in [-0.25, -0.2) is 9.59 Å². The molecular formula is C16H28N2O4. The zero-order chi connectivity index (χ0) is 16.4. The van der Waals surface area contributed by atoms with Gasteiger partial charge in [0.05, 0.1) is 0 Å². The smallest absolute Gasteiger partial charge is 0.407 e. The fourth-order valence-corrected chi connectivity index (χ4v) is 4.67. The van der Waals surface area contributed by atoms with Gasteiger partial charge in [0, 0.05) is 25.2 Å². The van der Waals surface area contributed by atoms with Crippen LogP contribution in [0.15, 0.2) is 0 Å². The van der Waals surface area contributed by atoms with Crippen molar-refractivity contribution in [3.63, 3.8) is 0 Å². The van der Waals surface area contributed by atoms with E-state index in [1.807, 2.05) is 0 Å². The minimum atomic E-state index is -0.849. The van der Waals surface area contributed by atoms with Gasteiger partial charge in [-0.15, -0.1) is 0 Å². The van der Waals surface area contributed by atoms with E-state index in [-0.39, 0.29) is 23.9 Å². The lowest BCUT2D eigenvalue weighted by Crippen LogP contribution is -2.49. The van der Waals surface area contributed by atoms with Gasteiger partial charge in [0.2, 0.25) is 0 Å². The Balaban J connectivity index is 2.20. The van der Waals surface area contributed by atoms with Crippen molar-refractivity contribution in [3.05, 3.63) is 0 Å². The van der Waals surface area contributed by atoms with Crippen molar-refractivity contribution in [2.75, 3.05) is 13.1 Å². The molecule has 0 radical (unpaired) electrons. The van der Waals surface area contributed by atoms with Gasteiger partial charge in [-0.05, 0) is 43.4 Å². The second-order valence-electron chi connectivity index (χ2n) is 7.05. The van der Waals surface area contributed by atoms with E-state index in [4.69, 9.17) is 0 Å². The van der Waals surface area contributed by atoms with Crippen molar-refractivity contribution in [2.24, 2.45) is 17.8 Å². The van der Waals surface area contributed by atoms with Crippen LogP contribution < -0.4 is 0 Å². The lowest BCUT2D eigenvalue weighted by Gasteiger charge is -2.41. The summed E-state index contributed by atoms with van der Waals surface area (Å²) >= 11 is 0. The van der Waals surface area contributed by atoms with Crippen LogP contribution in [0.2, 0.25) is 0 Å². The first-order valence-corrected chi connectivity index (χ1v) is 8.33. The first-order valence-electron chi connectivity index (χ1n) is 8.33. The van der Waals surface area contributed by atoms with Gasteiger partial charge >= 0.3 is 12.2 Å². The Morgan fingerprint density at radius 1 is 0.909 bits per heavy atom. The fourth-order valence-electron chi connectivity index (χ4n) is 4.67. The van der Waals surface area contributed by atoms with Crippen molar-refractivity contribution in [2.45, 2.75) is 58.5 Å². The molecule has 6 nitrogen and oxygen atoms in total. The Kier molecular flexibility index (Phi) is 5.19. The minimum absolute atomic E-state index is 0.0149. The molecule has 0 saturated carbocycles. The molecule has 2 heterocycles. The number of hydrogen-bond acceptors (Lipinski definition) is 2. The van der Waals surface area contributed by atoms with E-state index in [1.165, 1.54) is 0 Å². The molecule has 2 aliphatic heterocycles. The molecule has 126 valence electrons. The SMILES string of the molecule is CC(C)C(C(C)C1CCCN1C(=O)O)C1CCCN1C(=O)O. The maximum atomic E-state index is 11.5. The first kappa shape index (κ1) is 16.9. The van der Waals surface area contributed by atoms with E-state index in [9.17, 15) is 19.8 Å². The summed E-state index contributed by atoms with van der Waals surface area (Å²) < 4.78 is 0. The average molecular weight is 312 g/mol. The molecule has 0 aliphatic carbocycles. The highest BCUT2D eigenvalue weighted by atomic mass is 16.4. The van der Waals surface area contributed by atoms with E-state index in [0.717, 1.165) is 25.7 Å². The topological polar surface area (TPSA) is 81.1 Å². The molecular weight excluding hydrogens is 284 g/mol. The predicted molar refractivity (Wildman–Crippen MR) is 83.0 cm³/mol. The molecule has 0 aromatic heterocycles. The van der Waals surface area contributed by atoms with Crippen LogP contribution in [0.3, 0.4) is 0 Å². The molecule has 2 N–H and O–H groups in total. The van der Waals surface area contributed by atoms with Gasteiger partial charge in [0.1, 0.15) is 0 Å². The zero-order valence-electron chi connectivity index (χ0n) is 13.7. The molecule has 2 amide bonds. The quantitative estimate of drug-likeness (QED) is 0.835. The van der Waals surface area contributed by atoms with Crippen molar-refractivity contribution >= 4 is 12.2 Å². The number of likely N-dealkylation sites (tertiary alicyclic amines) is 2. The molecule has 0 aromatic carbocycles. The van der Waals surface area contributed by atoms with Crippen LogP contribution in [0.25, 0.3) is 0 Å². The van der Waals surface area contributed by atoms with Gasteiger partial charge in [-0.3, -0.25) is 0 Å². The fraction of sp³-hybridized carbons (Fsp3) is 0.875. The highest BCUT2D eigenvalue weighted by Crippen LogP contribution is 2.39. The number of amides is 2. The Morgan fingerprint density at radius 3 is 1.82 bits per heavy atom.